The third-order valence-corrected chi connectivity index (χ3v) is 5.67. The molecule has 3 heterocycles. The highest BCUT2D eigenvalue weighted by Gasteiger charge is 2.16. The van der Waals surface area contributed by atoms with Gasteiger partial charge in [0, 0.05) is 36.1 Å². The predicted molar refractivity (Wildman–Crippen MR) is 104 cm³/mol. The Kier molecular flexibility index (Phi) is 5.34. The number of carbonyl (C=O) groups excluding carboxylic acids is 1. The summed E-state index contributed by atoms with van der Waals surface area (Å²) in [7, 11) is 0. The van der Waals surface area contributed by atoms with Crippen LogP contribution in [0.3, 0.4) is 0 Å². The van der Waals surface area contributed by atoms with Gasteiger partial charge in [0.15, 0.2) is 0 Å². The molecule has 0 saturated carbocycles. The number of rotatable bonds is 5. The molecule has 26 heavy (non-hydrogen) atoms. The molecule has 4 rings (SSSR count). The van der Waals surface area contributed by atoms with Crippen molar-refractivity contribution in [3.05, 3.63) is 36.2 Å². The van der Waals surface area contributed by atoms with E-state index < -0.39 is 0 Å². The number of carbonyl (C=O) groups is 1. The average Bonchev–Trinajstić information content (AvgIpc) is 3.12. The van der Waals surface area contributed by atoms with Crippen LogP contribution in [0.1, 0.15) is 44.2 Å². The number of anilines is 1. The van der Waals surface area contributed by atoms with Crippen LogP contribution in [0.5, 0.6) is 0 Å². The minimum absolute atomic E-state index is 0.120. The molecule has 1 amide bonds. The maximum Gasteiger partial charge on any atom is 0.224 e. The second-order valence-electron chi connectivity index (χ2n) is 7.54. The van der Waals surface area contributed by atoms with Crippen LogP contribution < -0.4 is 10.6 Å². The van der Waals surface area contributed by atoms with Gasteiger partial charge in [0.05, 0.1) is 0 Å². The van der Waals surface area contributed by atoms with Crippen LogP contribution >= 0.6 is 0 Å². The number of piperidine rings is 1. The molecule has 0 unspecified atom stereocenters. The smallest absolute Gasteiger partial charge is 0.224 e. The molecule has 1 saturated heterocycles. The van der Waals surface area contributed by atoms with Crippen LogP contribution in [-0.4, -0.2) is 28.5 Å². The maximum atomic E-state index is 12.2. The average molecular weight is 352 g/mol. The van der Waals surface area contributed by atoms with Crippen molar-refractivity contribution < 1.29 is 4.79 Å². The van der Waals surface area contributed by atoms with Gasteiger partial charge in [0.1, 0.15) is 5.82 Å². The molecule has 0 atom stereocenters. The van der Waals surface area contributed by atoms with Crippen LogP contribution in [-0.2, 0) is 17.8 Å². The summed E-state index contributed by atoms with van der Waals surface area (Å²) in [5.41, 5.74) is 3.32. The van der Waals surface area contributed by atoms with Crippen LogP contribution in [0.2, 0.25) is 0 Å². The standard InChI is InChI=1S/C21H28N4O/c26-20(9-4-16-10-12-22-13-11-16)24-18-7-5-17(6-8-18)21-23-15-19-3-1-2-14-25(19)21/h5-8,15-16,22H,1-4,9-14H2,(H,24,26). The fraction of sp³-hybridized carbons (Fsp3) is 0.524. The summed E-state index contributed by atoms with van der Waals surface area (Å²) in [5.74, 6) is 1.86. The first kappa shape index (κ1) is 17.3. The maximum absolute atomic E-state index is 12.2. The number of nitrogens with one attached hydrogen (secondary N) is 2. The number of aryl methyl sites for hydroxylation is 1. The summed E-state index contributed by atoms with van der Waals surface area (Å²) < 4.78 is 2.33. The zero-order valence-electron chi connectivity index (χ0n) is 15.3. The molecule has 2 N–H and O–H groups in total. The highest BCUT2D eigenvalue weighted by atomic mass is 16.1. The van der Waals surface area contributed by atoms with E-state index in [1.165, 1.54) is 31.4 Å². The first-order valence-electron chi connectivity index (χ1n) is 9.95. The Bertz CT molecular complexity index is 744. The van der Waals surface area contributed by atoms with Gasteiger partial charge in [-0.15, -0.1) is 0 Å². The number of imidazole rings is 1. The molecule has 0 aliphatic carbocycles. The SMILES string of the molecule is O=C(CCC1CCNCC1)Nc1ccc(-c2ncc3n2CCCC3)cc1. The molecule has 5 nitrogen and oxygen atoms in total. The summed E-state index contributed by atoms with van der Waals surface area (Å²) in [6.45, 7) is 3.23. The highest BCUT2D eigenvalue weighted by Crippen LogP contribution is 2.26. The number of aromatic nitrogens is 2. The Morgan fingerprint density at radius 1 is 1.19 bits per heavy atom. The van der Waals surface area contributed by atoms with Gasteiger partial charge in [0.25, 0.3) is 0 Å². The Labute approximate surface area is 155 Å². The zero-order valence-corrected chi connectivity index (χ0v) is 15.3. The van der Waals surface area contributed by atoms with Crippen molar-refractivity contribution in [1.82, 2.24) is 14.9 Å². The van der Waals surface area contributed by atoms with E-state index in [0.29, 0.717) is 12.3 Å². The van der Waals surface area contributed by atoms with Crippen molar-refractivity contribution in [2.45, 2.75) is 51.5 Å². The summed E-state index contributed by atoms with van der Waals surface area (Å²) in [5, 5.41) is 6.41. The molecular formula is C21H28N4O. The van der Waals surface area contributed by atoms with Crippen molar-refractivity contribution in [3.8, 4) is 11.4 Å². The minimum Gasteiger partial charge on any atom is -0.328 e. The summed E-state index contributed by atoms with van der Waals surface area (Å²) in [6.07, 6.45) is 9.59. The van der Waals surface area contributed by atoms with Gasteiger partial charge in [-0.1, -0.05) is 0 Å². The second kappa shape index (κ2) is 8.04. The quantitative estimate of drug-likeness (QED) is 0.864. The topological polar surface area (TPSA) is 59.0 Å². The number of benzene rings is 1. The molecule has 1 aromatic heterocycles. The predicted octanol–water partition coefficient (Wildman–Crippen LogP) is 3.60. The Balaban J connectivity index is 1.34. The molecule has 138 valence electrons. The van der Waals surface area contributed by atoms with E-state index in [-0.39, 0.29) is 5.91 Å². The second-order valence-corrected chi connectivity index (χ2v) is 7.54. The summed E-state index contributed by atoms with van der Waals surface area (Å²) >= 11 is 0. The third-order valence-electron chi connectivity index (χ3n) is 5.67. The molecule has 0 bridgehead atoms. The van der Waals surface area contributed by atoms with Gasteiger partial charge in [-0.3, -0.25) is 4.79 Å². The zero-order chi connectivity index (χ0) is 17.8. The van der Waals surface area contributed by atoms with E-state index >= 15 is 0 Å². The first-order valence-corrected chi connectivity index (χ1v) is 9.95. The van der Waals surface area contributed by atoms with Crippen molar-refractivity contribution in [3.63, 3.8) is 0 Å². The van der Waals surface area contributed by atoms with Crippen LogP contribution in [0.15, 0.2) is 30.5 Å². The Morgan fingerprint density at radius 3 is 2.81 bits per heavy atom. The lowest BCUT2D eigenvalue weighted by Crippen LogP contribution is -2.28. The lowest BCUT2D eigenvalue weighted by molar-refractivity contribution is -0.116. The number of amides is 1. The number of fused-ring (bicyclic) bond motifs is 1. The molecule has 0 spiro atoms. The van der Waals surface area contributed by atoms with Gasteiger partial charge in [0.2, 0.25) is 5.91 Å². The van der Waals surface area contributed by atoms with Crippen LogP contribution in [0, 0.1) is 5.92 Å². The molecule has 0 radical (unpaired) electrons. The molecule has 2 aliphatic heterocycles. The highest BCUT2D eigenvalue weighted by molar-refractivity contribution is 5.90. The molecule has 5 heteroatoms. The van der Waals surface area contributed by atoms with Gasteiger partial charge in [-0.2, -0.15) is 0 Å². The first-order chi connectivity index (χ1) is 12.8. The van der Waals surface area contributed by atoms with Crippen molar-refractivity contribution in [2.75, 3.05) is 18.4 Å². The lowest BCUT2D eigenvalue weighted by Gasteiger charge is -2.22. The van der Waals surface area contributed by atoms with E-state index in [1.807, 2.05) is 18.3 Å². The third kappa shape index (κ3) is 3.98. The lowest BCUT2D eigenvalue weighted by atomic mass is 9.93. The van der Waals surface area contributed by atoms with Gasteiger partial charge in [-0.05, 0) is 81.8 Å². The van der Waals surface area contributed by atoms with Gasteiger partial charge in [-0.25, -0.2) is 4.98 Å². The van der Waals surface area contributed by atoms with Crippen molar-refractivity contribution in [2.24, 2.45) is 5.92 Å². The van der Waals surface area contributed by atoms with E-state index in [4.69, 9.17) is 0 Å². The van der Waals surface area contributed by atoms with E-state index in [9.17, 15) is 4.79 Å². The van der Waals surface area contributed by atoms with Crippen LogP contribution in [0.25, 0.3) is 11.4 Å². The monoisotopic (exact) mass is 352 g/mol. The number of hydrogen-bond donors (Lipinski definition) is 2. The van der Waals surface area contributed by atoms with E-state index in [2.05, 4.69) is 32.3 Å². The van der Waals surface area contributed by atoms with E-state index in [0.717, 1.165) is 49.6 Å². The Hall–Kier alpha value is -2.14. The van der Waals surface area contributed by atoms with Gasteiger partial charge >= 0.3 is 0 Å². The number of hydrogen-bond acceptors (Lipinski definition) is 3. The number of nitrogens with zero attached hydrogens (tertiary/aromatic N) is 2. The fourth-order valence-electron chi connectivity index (χ4n) is 4.10. The normalized spacial score (nSPS) is 17.7. The van der Waals surface area contributed by atoms with Crippen molar-refractivity contribution in [1.29, 1.82) is 0 Å². The Morgan fingerprint density at radius 2 is 2.00 bits per heavy atom. The summed E-state index contributed by atoms with van der Waals surface area (Å²) in [4.78, 5) is 16.8. The molecule has 2 aliphatic rings. The molecule has 1 fully saturated rings. The summed E-state index contributed by atoms with van der Waals surface area (Å²) in [6, 6.07) is 8.10. The van der Waals surface area contributed by atoms with Crippen LogP contribution in [0.4, 0.5) is 5.69 Å². The fourth-order valence-corrected chi connectivity index (χ4v) is 4.10. The molecule has 1 aromatic carbocycles. The molecular weight excluding hydrogens is 324 g/mol. The largest absolute Gasteiger partial charge is 0.328 e. The minimum atomic E-state index is 0.120. The van der Waals surface area contributed by atoms with E-state index in [1.54, 1.807) is 0 Å². The molecule has 2 aromatic rings. The van der Waals surface area contributed by atoms with Gasteiger partial charge < -0.3 is 15.2 Å². The van der Waals surface area contributed by atoms with Crippen molar-refractivity contribution >= 4 is 11.6 Å².